The monoisotopic (exact) mass is 156 g/mol. The molecule has 0 bridgehead atoms. The molecule has 1 heteroatoms. The lowest BCUT2D eigenvalue weighted by Crippen LogP contribution is -2.19. The highest BCUT2D eigenvalue weighted by atomic mass is 16.3. The van der Waals surface area contributed by atoms with Gasteiger partial charge >= 0.3 is 0 Å². The first kappa shape index (κ1) is 10.7. The third kappa shape index (κ3) is 4.20. The normalized spacial score (nSPS) is 16.5. The van der Waals surface area contributed by atoms with E-state index in [9.17, 15) is 5.11 Å². The van der Waals surface area contributed by atoms with Crippen LogP contribution in [-0.2, 0) is 0 Å². The van der Waals surface area contributed by atoms with Gasteiger partial charge in [-0.05, 0) is 25.2 Å². The summed E-state index contributed by atoms with van der Waals surface area (Å²) >= 11 is 0. The molecule has 0 amide bonds. The molecule has 0 aliphatic carbocycles. The van der Waals surface area contributed by atoms with Crippen LogP contribution in [-0.4, -0.2) is 11.2 Å². The molecular formula is C10H20O. The van der Waals surface area contributed by atoms with Crippen molar-refractivity contribution in [2.75, 3.05) is 0 Å². The molecule has 1 N–H and O–H groups in total. The number of aliphatic hydroxyl groups excluding tert-OH is 1. The molecule has 0 rings (SSSR count). The van der Waals surface area contributed by atoms with Crippen LogP contribution in [0.2, 0.25) is 0 Å². The van der Waals surface area contributed by atoms with E-state index in [0.717, 1.165) is 12.0 Å². The third-order valence-electron chi connectivity index (χ3n) is 1.89. The van der Waals surface area contributed by atoms with E-state index in [0.29, 0.717) is 11.8 Å². The average molecular weight is 156 g/mol. The van der Waals surface area contributed by atoms with E-state index in [-0.39, 0.29) is 6.10 Å². The lowest BCUT2D eigenvalue weighted by atomic mass is 9.91. The van der Waals surface area contributed by atoms with Gasteiger partial charge < -0.3 is 5.11 Å². The maximum Gasteiger partial charge on any atom is 0.0770 e. The maximum absolute atomic E-state index is 9.54. The smallest absolute Gasteiger partial charge is 0.0770 e. The minimum absolute atomic E-state index is 0.322. The van der Waals surface area contributed by atoms with Crippen LogP contribution in [0.3, 0.4) is 0 Å². The van der Waals surface area contributed by atoms with E-state index in [1.165, 1.54) is 0 Å². The van der Waals surface area contributed by atoms with Crippen LogP contribution in [0.15, 0.2) is 12.2 Å². The standard InChI is InChI=1S/C10H20O/c1-7(2)6-9(5)10(11)8(3)4/h7,9-11H,3,6H2,1-2,4-5H3/t9-,10+/m0/s1. The number of aliphatic hydroxyl groups is 1. The zero-order valence-electron chi connectivity index (χ0n) is 8.09. The van der Waals surface area contributed by atoms with Crippen LogP contribution in [0, 0.1) is 11.8 Å². The predicted octanol–water partition coefficient (Wildman–Crippen LogP) is 2.61. The predicted molar refractivity (Wildman–Crippen MR) is 49.4 cm³/mol. The van der Waals surface area contributed by atoms with Gasteiger partial charge in [-0.25, -0.2) is 0 Å². The summed E-state index contributed by atoms with van der Waals surface area (Å²) in [6.45, 7) is 12.0. The van der Waals surface area contributed by atoms with Crippen molar-refractivity contribution in [3.8, 4) is 0 Å². The van der Waals surface area contributed by atoms with Crippen molar-refractivity contribution in [3.63, 3.8) is 0 Å². The van der Waals surface area contributed by atoms with Crippen LogP contribution in [0.25, 0.3) is 0 Å². The molecular weight excluding hydrogens is 136 g/mol. The molecule has 0 aromatic heterocycles. The molecule has 0 aliphatic rings. The topological polar surface area (TPSA) is 20.2 Å². The van der Waals surface area contributed by atoms with Gasteiger partial charge in [-0.1, -0.05) is 32.9 Å². The molecule has 0 saturated heterocycles. The second kappa shape index (κ2) is 4.55. The fraction of sp³-hybridized carbons (Fsp3) is 0.800. The number of rotatable bonds is 4. The van der Waals surface area contributed by atoms with Crippen LogP contribution >= 0.6 is 0 Å². The molecule has 66 valence electrons. The van der Waals surface area contributed by atoms with Gasteiger partial charge in [0, 0.05) is 0 Å². The molecule has 0 aliphatic heterocycles. The van der Waals surface area contributed by atoms with Crippen LogP contribution in [0.1, 0.15) is 34.1 Å². The van der Waals surface area contributed by atoms with Crippen molar-refractivity contribution in [2.24, 2.45) is 11.8 Å². The summed E-state index contributed by atoms with van der Waals surface area (Å²) in [5.41, 5.74) is 0.873. The van der Waals surface area contributed by atoms with Crippen molar-refractivity contribution in [2.45, 2.75) is 40.2 Å². The molecule has 0 radical (unpaired) electrons. The maximum atomic E-state index is 9.54. The molecule has 0 fully saturated rings. The van der Waals surface area contributed by atoms with Gasteiger partial charge in [-0.2, -0.15) is 0 Å². The molecule has 0 heterocycles. The Morgan fingerprint density at radius 2 is 1.82 bits per heavy atom. The molecule has 0 aromatic carbocycles. The van der Waals surface area contributed by atoms with Crippen molar-refractivity contribution in [1.29, 1.82) is 0 Å². The minimum Gasteiger partial charge on any atom is -0.389 e. The molecule has 2 atom stereocenters. The van der Waals surface area contributed by atoms with E-state index >= 15 is 0 Å². The number of hydrogen-bond donors (Lipinski definition) is 1. The SMILES string of the molecule is C=C(C)[C@@H](O)[C@@H](C)CC(C)C. The van der Waals surface area contributed by atoms with Crippen LogP contribution in [0.4, 0.5) is 0 Å². The average Bonchev–Trinajstić information content (AvgIpc) is 1.84. The fourth-order valence-corrected chi connectivity index (χ4v) is 1.36. The Bertz CT molecular complexity index is 127. The van der Waals surface area contributed by atoms with Gasteiger partial charge in [0.1, 0.15) is 0 Å². The number of hydrogen-bond acceptors (Lipinski definition) is 1. The van der Waals surface area contributed by atoms with Crippen molar-refractivity contribution in [3.05, 3.63) is 12.2 Å². The third-order valence-corrected chi connectivity index (χ3v) is 1.89. The fourth-order valence-electron chi connectivity index (χ4n) is 1.36. The second-order valence-electron chi connectivity index (χ2n) is 3.90. The molecule has 0 spiro atoms. The Morgan fingerprint density at radius 3 is 2.09 bits per heavy atom. The molecule has 0 saturated carbocycles. The summed E-state index contributed by atoms with van der Waals surface area (Å²) in [5, 5.41) is 9.54. The summed E-state index contributed by atoms with van der Waals surface area (Å²) < 4.78 is 0. The zero-order chi connectivity index (χ0) is 9.02. The van der Waals surface area contributed by atoms with E-state index in [1.807, 2.05) is 6.92 Å². The van der Waals surface area contributed by atoms with E-state index < -0.39 is 0 Å². The summed E-state index contributed by atoms with van der Waals surface area (Å²) in [5.74, 6) is 0.992. The zero-order valence-corrected chi connectivity index (χ0v) is 8.09. The highest BCUT2D eigenvalue weighted by molar-refractivity contribution is 4.98. The van der Waals surface area contributed by atoms with Gasteiger partial charge in [0.2, 0.25) is 0 Å². The summed E-state index contributed by atoms with van der Waals surface area (Å²) in [4.78, 5) is 0. The first-order valence-corrected chi connectivity index (χ1v) is 4.28. The van der Waals surface area contributed by atoms with Crippen LogP contribution in [0.5, 0.6) is 0 Å². The minimum atomic E-state index is -0.322. The molecule has 1 nitrogen and oxygen atoms in total. The van der Waals surface area contributed by atoms with E-state index in [2.05, 4.69) is 27.4 Å². The molecule has 11 heavy (non-hydrogen) atoms. The quantitative estimate of drug-likeness (QED) is 0.620. The van der Waals surface area contributed by atoms with E-state index in [1.54, 1.807) is 0 Å². The Kier molecular flexibility index (Phi) is 4.43. The first-order chi connectivity index (χ1) is 4.95. The van der Waals surface area contributed by atoms with Gasteiger partial charge in [-0.15, -0.1) is 0 Å². The van der Waals surface area contributed by atoms with Gasteiger partial charge in [0.15, 0.2) is 0 Å². The van der Waals surface area contributed by atoms with Gasteiger partial charge in [0.25, 0.3) is 0 Å². The lowest BCUT2D eigenvalue weighted by Gasteiger charge is -2.20. The largest absolute Gasteiger partial charge is 0.389 e. The van der Waals surface area contributed by atoms with Gasteiger partial charge in [0.05, 0.1) is 6.10 Å². The van der Waals surface area contributed by atoms with Crippen LogP contribution < -0.4 is 0 Å². The molecule has 0 aromatic rings. The van der Waals surface area contributed by atoms with Crippen molar-refractivity contribution in [1.82, 2.24) is 0 Å². The van der Waals surface area contributed by atoms with Crippen molar-refractivity contribution < 1.29 is 5.11 Å². The Balaban J connectivity index is 3.82. The van der Waals surface area contributed by atoms with E-state index in [4.69, 9.17) is 0 Å². The first-order valence-electron chi connectivity index (χ1n) is 4.28. The Hall–Kier alpha value is -0.300. The Morgan fingerprint density at radius 1 is 1.36 bits per heavy atom. The summed E-state index contributed by atoms with van der Waals surface area (Å²) in [6.07, 6.45) is 0.742. The lowest BCUT2D eigenvalue weighted by molar-refractivity contribution is 0.137. The molecule has 0 unspecified atom stereocenters. The van der Waals surface area contributed by atoms with Crippen molar-refractivity contribution >= 4 is 0 Å². The highest BCUT2D eigenvalue weighted by Gasteiger charge is 2.15. The Labute approximate surface area is 70.1 Å². The second-order valence-corrected chi connectivity index (χ2v) is 3.90. The van der Waals surface area contributed by atoms with Gasteiger partial charge in [-0.3, -0.25) is 0 Å². The summed E-state index contributed by atoms with van der Waals surface area (Å²) in [7, 11) is 0. The summed E-state index contributed by atoms with van der Waals surface area (Å²) in [6, 6.07) is 0. The highest BCUT2D eigenvalue weighted by Crippen LogP contribution is 2.18.